The van der Waals surface area contributed by atoms with Crippen molar-refractivity contribution >= 4 is 23.8 Å². The number of likely N-dealkylation sites (N-methyl/N-ethyl adjacent to an activating group) is 1. The summed E-state index contributed by atoms with van der Waals surface area (Å²) in [5, 5.41) is 9.22. The second-order valence-electron chi connectivity index (χ2n) is 4.31. The lowest BCUT2D eigenvalue weighted by Crippen LogP contribution is -2.26. The molecule has 1 aliphatic heterocycles. The SMILES string of the molecule is COC(=O)/C=C/C1=NC(=C\c2ccc(O)cc2)/C(=O)N1C. The Bertz CT molecular complexity index is 657. The van der Waals surface area contributed by atoms with Crippen LogP contribution in [0.3, 0.4) is 0 Å². The zero-order chi connectivity index (χ0) is 15.4. The maximum Gasteiger partial charge on any atom is 0.330 e. The van der Waals surface area contributed by atoms with E-state index in [2.05, 4.69) is 9.73 Å². The number of esters is 1. The third kappa shape index (κ3) is 3.36. The first kappa shape index (κ1) is 14.5. The Hall–Kier alpha value is -2.89. The van der Waals surface area contributed by atoms with E-state index < -0.39 is 5.97 Å². The Balaban J connectivity index is 2.26. The van der Waals surface area contributed by atoms with Crippen molar-refractivity contribution in [2.24, 2.45) is 4.99 Å². The number of rotatable bonds is 3. The molecule has 0 fully saturated rings. The fraction of sp³-hybridized carbons (Fsp3) is 0.133. The number of carbonyl (C=O) groups excluding carboxylic acids is 2. The minimum absolute atomic E-state index is 0.150. The van der Waals surface area contributed by atoms with E-state index in [0.717, 1.165) is 5.56 Å². The predicted molar refractivity (Wildman–Crippen MR) is 77.4 cm³/mol. The van der Waals surface area contributed by atoms with Crippen molar-refractivity contribution in [3.05, 3.63) is 47.7 Å². The summed E-state index contributed by atoms with van der Waals surface area (Å²) >= 11 is 0. The van der Waals surface area contributed by atoms with Gasteiger partial charge in [0.2, 0.25) is 0 Å². The fourth-order valence-electron chi connectivity index (χ4n) is 1.70. The lowest BCUT2D eigenvalue weighted by molar-refractivity contribution is -0.134. The summed E-state index contributed by atoms with van der Waals surface area (Å²) in [6.07, 6.45) is 4.23. The van der Waals surface area contributed by atoms with Gasteiger partial charge in [0.1, 0.15) is 17.3 Å². The molecule has 0 aliphatic carbocycles. The molecule has 21 heavy (non-hydrogen) atoms. The number of phenols is 1. The molecule has 0 saturated carbocycles. The van der Waals surface area contributed by atoms with Crippen LogP contribution in [-0.2, 0) is 14.3 Å². The highest BCUT2D eigenvalue weighted by molar-refractivity contribution is 6.18. The molecule has 1 amide bonds. The monoisotopic (exact) mass is 286 g/mol. The van der Waals surface area contributed by atoms with E-state index in [4.69, 9.17) is 0 Å². The van der Waals surface area contributed by atoms with Crippen LogP contribution in [0.2, 0.25) is 0 Å². The molecule has 0 saturated heterocycles. The third-order valence-corrected chi connectivity index (χ3v) is 2.87. The third-order valence-electron chi connectivity index (χ3n) is 2.87. The molecule has 0 bridgehead atoms. The van der Waals surface area contributed by atoms with Gasteiger partial charge in [-0.1, -0.05) is 12.1 Å². The average Bonchev–Trinajstić information content (AvgIpc) is 2.75. The quantitative estimate of drug-likeness (QED) is 0.671. The van der Waals surface area contributed by atoms with Crippen molar-refractivity contribution < 1.29 is 19.4 Å². The Kier molecular flexibility index (Phi) is 4.18. The van der Waals surface area contributed by atoms with Gasteiger partial charge < -0.3 is 9.84 Å². The van der Waals surface area contributed by atoms with Crippen LogP contribution < -0.4 is 0 Å². The van der Waals surface area contributed by atoms with Crippen molar-refractivity contribution in [2.45, 2.75) is 0 Å². The van der Waals surface area contributed by atoms with Gasteiger partial charge in [0.25, 0.3) is 5.91 Å². The highest BCUT2D eigenvalue weighted by Gasteiger charge is 2.25. The molecule has 0 atom stereocenters. The number of phenolic OH excluding ortho intramolecular Hbond substituents is 1. The molecule has 1 heterocycles. The molecule has 1 aliphatic rings. The summed E-state index contributed by atoms with van der Waals surface area (Å²) in [5.74, 6) is -0.283. The van der Waals surface area contributed by atoms with E-state index in [1.54, 1.807) is 25.3 Å². The number of benzene rings is 1. The smallest absolute Gasteiger partial charge is 0.330 e. The first-order valence-corrected chi connectivity index (χ1v) is 6.15. The number of hydrogen-bond donors (Lipinski definition) is 1. The largest absolute Gasteiger partial charge is 0.508 e. The van der Waals surface area contributed by atoms with Crippen molar-refractivity contribution in [3.8, 4) is 5.75 Å². The summed E-state index contributed by atoms with van der Waals surface area (Å²) in [5.41, 5.74) is 0.999. The van der Waals surface area contributed by atoms with Gasteiger partial charge in [-0.3, -0.25) is 9.69 Å². The minimum atomic E-state index is -0.519. The lowest BCUT2D eigenvalue weighted by atomic mass is 10.2. The maximum absolute atomic E-state index is 12.0. The molecule has 6 heteroatoms. The number of aliphatic imine (C=N–C) groups is 1. The summed E-state index contributed by atoms with van der Waals surface area (Å²) < 4.78 is 4.48. The van der Waals surface area contributed by atoms with E-state index in [9.17, 15) is 14.7 Å². The first-order chi connectivity index (χ1) is 10.0. The van der Waals surface area contributed by atoms with Gasteiger partial charge in [0.15, 0.2) is 0 Å². The Morgan fingerprint density at radius 3 is 2.62 bits per heavy atom. The highest BCUT2D eigenvalue weighted by Crippen LogP contribution is 2.19. The normalized spacial score (nSPS) is 16.7. The number of hydrogen-bond acceptors (Lipinski definition) is 5. The molecule has 2 rings (SSSR count). The highest BCUT2D eigenvalue weighted by atomic mass is 16.5. The fourth-order valence-corrected chi connectivity index (χ4v) is 1.70. The second kappa shape index (κ2) is 6.04. The van der Waals surface area contributed by atoms with Crippen molar-refractivity contribution in [1.29, 1.82) is 0 Å². The van der Waals surface area contributed by atoms with Crippen molar-refractivity contribution in [1.82, 2.24) is 4.90 Å². The average molecular weight is 286 g/mol. The molecule has 0 spiro atoms. The van der Waals surface area contributed by atoms with Crippen LogP contribution in [0.25, 0.3) is 6.08 Å². The number of ether oxygens (including phenoxy) is 1. The molecule has 1 aromatic carbocycles. The van der Waals surface area contributed by atoms with Crippen LogP contribution in [0.4, 0.5) is 0 Å². The zero-order valence-corrected chi connectivity index (χ0v) is 11.6. The molecular formula is C15H14N2O4. The van der Waals surface area contributed by atoms with E-state index in [0.29, 0.717) is 5.84 Å². The van der Waals surface area contributed by atoms with Crippen LogP contribution in [0.5, 0.6) is 5.75 Å². The molecule has 108 valence electrons. The number of amidine groups is 1. The van der Waals surface area contributed by atoms with Gasteiger partial charge in [0, 0.05) is 13.1 Å². The lowest BCUT2D eigenvalue weighted by Gasteiger charge is -2.07. The standard InChI is InChI=1S/C15H14N2O4/c1-17-13(7-8-14(19)21-2)16-12(15(17)20)9-10-3-5-11(18)6-4-10/h3-9,18H,1-2H3/b8-7+,12-9-. The molecule has 0 radical (unpaired) electrons. The van der Waals surface area contributed by atoms with Crippen molar-refractivity contribution in [3.63, 3.8) is 0 Å². The van der Waals surface area contributed by atoms with Crippen molar-refractivity contribution in [2.75, 3.05) is 14.2 Å². The van der Waals surface area contributed by atoms with Crippen LogP contribution in [-0.4, -0.2) is 41.9 Å². The van der Waals surface area contributed by atoms with E-state index >= 15 is 0 Å². The zero-order valence-electron chi connectivity index (χ0n) is 11.6. The second-order valence-corrected chi connectivity index (χ2v) is 4.31. The molecule has 6 nitrogen and oxygen atoms in total. The van der Waals surface area contributed by atoms with Gasteiger partial charge in [0.05, 0.1) is 7.11 Å². The maximum atomic E-state index is 12.0. The molecule has 0 aromatic heterocycles. The predicted octanol–water partition coefficient (Wildman–Crippen LogP) is 1.33. The molecule has 1 N–H and O–H groups in total. The van der Waals surface area contributed by atoms with E-state index in [1.807, 2.05) is 0 Å². The van der Waals surface area contributed by atoms with E-state index in [1.165, 1.54) is 36.3 Å². The number of carbonyl (C=O) groups is 2. The van der Waals surface area contributed by atoms with Gasteiger partial charge in [-0.2, -0.15) is 0 Å². The van der Waals surface area contributed by atoms with Gasteiger partial charge in [-0.05, 0) is 29.8 Å². The summed E-state index contributed by atoms with van der Waals surface area (Å²) in [6, 6.07) is 6.40. The summed E-state index contributed by atoms with van der Waals surface area (Å²) in [6.45, 7) is 0. The van der Waals surface area contributed by atoms with Crippen LogP contribution >= 0.6 is 0 Å². The molecular weight excluding hydrogens is 272 g/mol. The Morgan fingerprint density at radius 2 is 2.00 bits per heavy atom. The van der Waals surface area contributed by atoms with Crippen LogP contribution in [0.1, 0.15) is 5.56 Å². The van der Waals surface area contributed by atoms with Gasteiger partial charge in [-0.25, -0.2) is 9.79 Å². The Labute approximate surface area is 121 Å². The van der Waals surface area contributed by atoms with Gasteiger partial charge >= 0.3 is 5.97 Å². The summed E-state index contributed by atoms with van der Waals surface area (Å²) in [7, 11) is 2.84. The number of nitrogens with zero attached hydrogens (tertiary/aromatic N) is 2. The first-order valence-electron chi connectivity index (χ1n) is 6.15. The van der Waals surface area contributed by atoms with Gasteiger partial charge in [-0.15, -0.1) is 0 Å². The number of methoxy groups -OCH3 is 1. The minimum Gasteiger partial charge on any atom is -0.508 e. The summed E-state index contributed by atoms with van der Waals surface area (Å²) in [4.78, 5) is 28.6. The number of amides is 1. The molecule has 0 unspecified atom stereocenters. The van der Waals surface area contributed by atoms with Crippen LogP contribution in [0.15, 0.2) is 47.1 Å². The van der Waals surface area contributed by atoms with E-state index in [-0.39, 0.29) is 17.4 Å². The Morgan fingerprint density at radius 1 is 1.33 bits per heavy atom. The number of aromatic hydroxyl groups is 1. The molecule has 1 aromatic rings. The van der Waals surface area contributed by atoms with Crippen LogP contribution in [0, 0.1) is 0 Å². The topological polar surface area (TPSA) is 79.2 Å².